The van der Waals surface area contributed by atoms with E-state index in [1.807, 2.05) is 13.8 Å². The van der Waals surface area contributed by atoms with Crippen molar-refractivity contribution in [1.29, 1.82) is 0 Å². The highest BCUT2D eigenvalue weighted by Gasteiger charge is 2.14. The van der Waals surface area contributed by atoms with E-state index in [0.29, 0.717) is 18.3 Å². The lowest BCUT2D eigenvalue weighted by Crippen LogP contribution is -2.08. The summed E-state index contributed by atoms with van der Waals surface area (Å²) in [6.45, 7) is 4.53. The SMILES string of the molecule is CC(C)COc1cccc(S(C)(=O)=O)c1N. The van der Waals surface area contributed by atoms with Crippen molar-refractivity contribution in [2.75, 3.05) is 18.6 Å². The van der Waals surface area contributed by atoms with E-state index in [9.17, 15) is 8.42 Å². The van der Waals surface area contributed by atoms with Gasteiger partial charge in [0.1, 0.15) is 5.75 Å². The monoisotopic (exact) mass is 243 g/mol. The Labute approximate surface area is 96.3 Å². The van der Waals surface area contributed by atoms with Gasteiger partial charge in [0.05, 0.1) is 17.2 Å². The fourth-order valence-corrected chi connectivity index (χ4v) is 2.06. The molecule has 90 valence electrons. The molecule has 4 nitrogen and oxygen atoms in total. The number of sulfone groups is 1. The number of anilines is 1. The van der Waals surface area contributed by atoms with Crippen LogP contribution < -0.4 is 10.5 Å². The van der Waals surface area contributed by atoms with E-state index in [1.165, 1.54) is 6.07 Å². The van der Waals surface area contributed by atoms with Gasteiger partial charge in [-0.25, -0.2) is 8.42 Å². The van der Waals surface area contributed by atoms with Gasteiger partial charge in [0.25, 0.3) is 0 Å². The Balaban J connectivity index is 3.05. The third-order valence-corrected chi connectivity index (χ3v) is 3.15. The second-order valence-corrected chi connectivity index (χ2v) is 6.13. The maximum atomic E-state index is 11.4. The maximum Gasteiger partial charge on any atom is 0.177 e. The van der Waals surface area contributed by atoms with Gasteiger partial charge in [-0.15, -0.1) is 0 Å². The first-order valence-corrected chi connectivity index (χ1v) is 6.93. The minimum absolute atomic E-state index is 0.119. The number of ether oxygens (including phenoxy) is 1. The van der Waals surface area contributed by atoms with E-state index in [2.05, 4.69) is 0 Å². The zero-order chi connectivity index (χ0) is 12.3. The molecule has 0 aliphatic rings. The van der Waals surface area contributed by atoms with Crippen LogP contribution in [0.2, 0.25) is 0 Å². The molecule has 16 heavy (non-hydrogen) atoms. The molecule has 0 atom stereocenters. The number of para-hydroxylation sites is 1. The molecule has 0 aromatic heterocycles. The van der Waals surface area contributed by atoms with E-state index in [-0.39, 0.29) is 10.6 Å². The van der Waals surface area contributed by atoms with Crippen LogP contribution in [-0.4, -0.2) is 21.3 Å². The number of rotatable bonds is 4. The van der Waals surface area contributed by atoms with Crippen molar-refractivity contribution in [3.63, 3.8) is 0 Å². The molecule has 1 rings (SSSR count). The van der Waals surface area contributed by atoms with Gasteiger partial charge in [0, 0.05) is 6.26 Å². The number of nitrogen functional groups attached to an aromatic ring is 1. The van der Waals surface area contributed by atoms with Crippen molar-refractivity contribution in [2.45, 2.75) is 18.7 Å². The first kappa shape index (κ1) is 12.8. The Morgan fingerprint density at radius 3 is 2.50 bits per heavy atom. The third kappa shape index (κ3) is 3.13. The third-order valence-electron chi connectivity index (χ3n) is 2.00. The molecule has 0 amide bonds. The molecular weight excluding hydrogens is 226 g/mol. The summed E-state index contributed by atoms with van der Waals surface area (Å²) in [5.41, 5.74) is 5.94. The Kier molecular flexibility index (Phi) is 3.80. The Bertz CT molecular complexity index is 466. The predicted octanol–water partition coefficient (Wildman–Crippen LogP) is 1.71. The summed E-state index contributed by atoms with van der Waals surface area (Å²) in [6.07, 6.45) is 1.13. The number of benzene rings is 1. The second kappa shape index (κ2) is 4.74. The highest BCUT2D eigenvalue weighted by atomic mass is 32.2. The highest BCUT2D eigenvalue weighted by molar-refractivity contribution is 7.90. The fraction of sp³-hybridized carbons (Fsp3) is 0.455. The first-order chi connectivity index (χ1) is 7.32. The molecule has 0 saturated heterocycles. The molecule has 2 N–H and O–H groups in total. The normalized spacial score (nSPS) is 11.8. The lowest BCUT2D eigenvalue weighted by Gasteiger charge is -2.12. The van der Waals surface area contributed by atoms with E-state index < -0.39 is 9.84 Å². The molecule has 1 aromatic rings. The van der Waals surface area contributed by atoms with Crippen LogP contribution in [-0.2, 0) is 9.84 Å². The van der Waals surface area contributed by atoms with E-state index in [1.54, 1.807) is 12.1 Å². The van der Waals surface area contributed by atoms with Crippen molar-refractivity contribution in [3.8, 4) is 5.75 Å². The van der Waals surface area contributed by atoms with Crippen molar-refractivity contribution in [2.24, 2.45) is 5.92 Å². The van der Waals surface area contributed by atoms with Gasteiger partial charge in [-0.2, -0.15) is 0 Å². The first-order valence-electron chi connectivity index (χ1n) is 5.03. The zero-order valence-corrected chi connectivity index (χ0v) is 10.5. The number of nitrogens with two attached hydrogens (primary N) is 1. The minimum Gasteiger partial charge on any atom is -0.491 e. The molecule has 0 aliphatic heterocycles. The van der Waals surface area contributed by atoms with Crippen LogP contribution in [0.25, 0.3) is 0 Å². The average molecular weight is 243 g/mol. The summed E-state index contributed by atoms with van der Waals surface area (Å²) < 4.78 is 28.3. The second-order valence-electron chi connectivity index (χ2n) is 4.14. The smallest absolute Gasteiger partial charge is 0.177 e. The maximum absolute atomic E-state index is 11.4. The van der Waals surface area contributed by atoms with Gasteiger partial charge in [0.2, 0.25) is 0 Å². The topological polar surface area (TPSA) is 69.4 Å². The van der Waals surface area contributed by atoms with E-state index in [4.69, 9.17) is 10.5 Å². The summed E-state index contributed by atoms with van der Waals surface area (Å²) in [5.74, 6) is 0.790. The van der Waals surface area contributed by atoms with E-state index >= 15 is 0 Å². The predicted molar refractivity (Wildman–Crippen MR) is 64.3 cm³/mol. The van der Waals surface area contributed by atoms with Gasteiger partial charge in [-0.05, 0) is 18.1 Å². The fourth-order valence-electron chi connectivity index (χ4n) is 1.23. The van der Waals surface area contributed by atoms with Gasteiger partial charge in [-0.3, -0.25) is 0 Å². The van der Waals surface area contributed by atoms with Gasteiger partial charge in [0.15, 0.2) is 9.84 Å². The molecular formula is C11H17NO3S. The van der Waals surface area contributed by atoms with Crippen LogP contribution in [0.15, 0.2) is 23.1 Å². The van der Waals surface area contributed by atoms with Crippen molar-refractivity contribution in [1.82, 2.24) is 0 Å². The summed E-state index contributed by atoms with van der Waals surface area (Å²) in [7, 11) is -3.30. The van der Waals surface area contributed by atoms with Gasteiger partial charge < -0.3 is 10.5 Å². The lowest BCUT2D eigenvalue weighted by molar-refractivity contribution is 0.272. The van der Waals surface area contributed by atoms with Crippen molar-refractivity contribution in [3.05, 3.63) is 18.2 Å². The summed E-state index contributed by atoms with van der Waals surface area (Å²) in [6, 6.07) is 4.78. The zero-order valence-electron chi connectivity index (χ0n) is 9.73. The molecule has 0 aliphatic carbocycles. The molecule has 0 heterocycles. The van der Waals surface area contributed by atoms with Crippen LogP contribution in [0, 0.1) is 5.92 Å². The molecule has 0 unspecified atom stereocenters. The van der Waals surface area contributed by atoms with Crippen LogP contribution in [0.4, 0.5) is 5.69 Å². The summed E-state index contributed by atoms with van der Waals surface area (Å²) in [4.78, 5) is 0.119. The average Bonchev–Trinajstić information content (AvgIpc) is 2.14. The molecule has 0 bridgehead atoms. The molecule has 1 aromatic carbocycles. The largest absolute Gasteiger partial charge is 0.491 e. The van der Waals surface area contributed by atoms with Gasteiger partial charge in [-0.1, -0.05) is 19.9 Å². The van der Waals surface area contributed by atoms with Crippen molar-refractivity contribution >= 4 is 15.5 Å². The quantitative estimate of drug-likeness (QED) is 0.817. The highest BCUT2D eigenvalue weighted by Crippen LogP contribution is 2.28. The van der Waals surface area contributed by atoms with Crippen LogP contribution in [0.3, 0.4) is 0 Å². The molecule has 0 fully saturated rings. The standard InChI is InChI=1S/C11H17NO3S/c1-8(2)7-15-9-5-4-6-10(11(9)12)16(3,13)14/h4-6,8H,7,12H2,1-3H3. The number of hydrogen-bond acceptors (Lipinski definition) is 4. The Hall–Kier alpha value is -1.23. The number of hydrogen-bond donors (Lipinski definition) is 1. The van der Waals surface area contributed by atoms with Crippen LogP contribution in [0.5, 0.6) is 5.75 Å². The molecule has 0 radical (unpaired) electrons. The Morgan fingerprint density at radius 2 is 2.00 bits per heavy atom. The van der Waals surface area contributed by atoms with Crippen LogP contribution in [0.1, 0.15) is 13.8 Å². The van der Waals surface area contributed by atoms with Crippen LogP contribution >= 0.6 is 0 Å². The van der Waals surface area contributed by atoms with E-state index in [0.717, 1.165) is 6.26 Å². The molecule has 5 heteroatoms. The molecule has 0 saturated carbocycles. The van der Waals surface area contributed by atoms with Crippen molar-refractivity contribution < 1.29 is 13.2 Å². The summed E-state index contributed by atoms with van der Waals surface area (Å²) in [5, 5.41) is 0. The van der Waals surface area contributed by atoms with Gasteiger partial charge >= 0.3 is 0 Å². The minimum atomic E-state index is -3.30. The summed E-state index contributed by atoms with van der Waals surface area (Å²) >= 11 is 0. The Morgan fingerprint density at radius 1 is 1.38 bits per heavy atom. The molecule has 0 spiro atoms. The lowest BCUT2D eigenvalue weighted by atomic mass is 10.2.